The molecule has 27 heavy (non-hydrogen) atoms. The summed E-state index contributed by atoms with van der Waals surface area (Å²) in [4.78, 5) is 12.7. The van der Waals surface area contributed by atoms with Crippen LogP contribution in [-0.4, -0.2) is 18.6 Å². The van der Waals surface area contributed by atoms with Crippen molar-refractivity contribution in [2.75, 3.05) is 17.2 Å². The summed E-state index contributed by atoms with van der Waals surface area (Å²) in [5.41, 5.74) is 3.74. The second kappa shape index (κ2) is 8.90. The SMILES string of the molecule is CCOc1ccc(N[C@H](C)C(=O)Nc2ccccc2-c2ccccc2)cc1. The van der Waals surface area contributed by atoms with Crippen molar-refractivity contribution in [3.8, 4) is 16.9 Å². The maximum Gasteiger partial charge on any atom is 0.246 e. The minimum Gasteiger partial charge on any atom is -0.494 e. The molecule has 0 aromatic heterocycles. The summed E-state index contributed by atoms with van der Waals surface area (Å²) in [6, 6.07) is 25.1. The van der Waals surface area contributed by atoms with E-state index in [-0.39, 0.29) is 11.9 Å². The summed E-state index contributed by atoms with van der Waals surface area (Å²) in [6.07, 6.45) is 0. The number of nitrogens with one attached hydrogen (secondary N) is 2. The molecule has 3 aromatic carbocycles. The molecule has 0 saturated heterocycles. The van der Waals surface area contributed by atoms with Crippen molar-refractivity contribution in [3.63, 3.8) is 0 Å². The molecule has 3 aromatic rings. The Hall–Kier alpha value is -3.27. The molecule has 3 rings (SSSR count). The van der Waals surface area contributed by atoms with Crippen molar-refractivity contribution in [1.29, 1.82) is 0 Å². The van der Waals surface area contributed by atoms with E-state index in [1.54, 1.807) is 0 Å². The van der Waals surface area contributed by atoms with E-state index in [0.717, 1.165) is 28.3 Å². The fourth-order valence-corrected chi connectivity index (χ4v) is 2.83. The standard InChI is InChI=1S/C23H24N2O2/c1-3-27-20-15-13-19(14-16-20)24-17(2)23(26)25-22-12-8-7-11-21(22)18-9-5-4-6-10-18/h4-17,24H,3H2,1-2H3,(H,25,26)/t17-/m1/s1. The molecule has 0 unspecified atom stereocenters. The zero-order valence-electron chi connectivity index (χ0n) is 15.6. The monoisotopic (exact) mass is 360 g/mol. The van der Waals surface area contributed by atoms with Crippen molar-refractivity contribution in [2.45, 2.75) is 19.9 Å². The van der Waals surface area contributed by atoms with Crippen LogP contribution in [0.15, 0.2) is 78.9 Å². The lowest BCUT2D eigenvalue weighted by Gasteiger charge is -2.17. The molecule has 0 heterocycles. The second-order valence-corrected chi connectivity index (χ2v) is 6.22. The van der Waals surface area contributed by atoms with Crippen molar-refractivity contribution < 1.29 is 9.53 Å². The summed E-state index contributed by atoms with van der Waals surface area (Å²) < 4.78 is 5.44. The molecular formula is C23H24N2O2. The van der Waals surface area contributed by atoms with Gasteiger partial charge in [-0.2, -0.15) is 0 Å². The number of carbonyl (C=O) groups is 1. The van der Waals surface area contributed by atoms with Crippen molar-refractivity contribution in [3.05, 3.63) is 78.9 Å². The zero-order chi connectivity index (χ0) is 19.1. The summed E-state index contributed by atoms with van der Waals surface area (Å²) >= 11 is 0. The third kappa shape index (κ3) is 4.88. The Kier molecular flexibility index (Phi) is 6.10. The molecule has 0 bridgehead atoms. The van der Waals surface area contributed by atoms with Crippen molar-refractivity contribution >= 4 is 17.3 Å². The van der Waals surface area contributed by atoms with Gasteiger partial charge in [0, 0.05) is 16.9 Å². The first-order chi connectivity index (χ1) is 13.2. The van der Waals surface area contributed by atoms with Gasteiger partial charge in [0.25, 0.3) is 0 Å². The largest absolute Gasteiger partial charge is 0.494 e. The Labute approximate surface area is 160 Å². The van der Waals surface area contributed by atoms with E-state index >= 15 is 0 Å². The Morgan fingerprint density at radius 3 is 2.30 bits per heavy atom. The number of carbonyl (C=O) groups excluding carboxylic acids is 1. The van der Waals surface area contributed by atoms with E-state index in [9.17, 15) is 4.79 Å². The van der Waals surface area contributed by atoms with Crippen LogP contribution in [0.2, 0.25) is 0 Å². The minimum absolute atomic E-state index is 0.0905. The number of anilines is 2. The highest BCUT2D eigenvalue weighted by Gasteiger charge is 2.15. The number of para-hydroxylation sites is 1. The van der Waals surface area contributed by atoms with Gasteiger partial charge in [0.1, 0.15) is 11.8 Å². The van der Waals surface area contributed by atoms with Crippen LogP contribution in [0.1, 0.15) is 13.8 Å². The minimum atomic E-state index is -0.383. The van der Waals surface area contributed by atoms with E-state index in [4.69, 9.17) is 4.74 Å². The predicted octanol–water partition coefficient (Wildman–Crippen LogP) is 5.19. The van der Waals surface area contributed by atoms with E-state index < -0.39 is 0 Å². The van der Waals surface area contributed by atoms with Gasteiger partial charge in [-0.25, -0.2) is 0 Å². The van der Waals surface area contributed by atoms with Gasteiger partial charge < -0.3 is 15.4 Å². The lowest BCUT2D eigenvalue weighted by atomic mass is 10.0. The molecule has 0 spiro atoms. The van der Waals surface area contributed by atoms with Gasteiger partial charge in [-0.1, -0.05) is 48.5 Å². The van der Waals surface area contributed by atoms with Gasteiger partial charge in [-0.05, 0) is 49.7 Å². The summed E-state index contributed by atoms with van der Waals surface area (Å²) in [5, 5.41) is 6.26. The highest BCUT2D eigenvalue weighted by Crippen LogP contribution is 2.27. The van der Waals surface area contributed by atoms with Gasteiger partial charge >= 0.3 is 0 Å². The Morgan fingerprint density at radius 1 is 0.926 bits per heavy atom. The normalized spacial score (nSPS) is 11.5. The molecule has 0 aliphatic rings. The maximum absolute atomic E-state index is 12.7. The van der Waals surface area contributed by atoms with Crippen LogP contribution in [0.5, 0.6) is 5.75 Å². The number of ether oxygens (including phenoxy) is 1. The highest BCUT2D eigenvalue weighted by atomic mass is 16.5. The third-order valence-electron chi connectivity index (χ3n) is 4.21. The molecular weight excluding hydrogens is 336 g/mol. The van der Waals surface area contributed by atoms with E-state index in [2.05, 4.69) is 10.6 Å². The summed E-state index contributed by atoms with van der Waals surface area (Å²) in [6.45, 7) is 4.43. The maximum atomic E-state index is 12.7. The molecule has 4 nitrogen and oxygen atoms in total. The van der Waals surface area contributed by atoms with E-state index in [1.807, 2.05) is 92.7 Å². The smallest absolute Gasteiger partial charge is 0.246 e. The summed E-state index contributed by atoms with van der Waals surface area (Å²) in [5.74, 6) is 0.726. The molecule has 0 fully saturated rings. The van der Waals surface area contributed by atoms with Crippen molar-refractivity contribution in [1.82, 2.24) is 0 Å². The van der Waals surface area contributed by atoms with E-state index in [1.165, 1.54) is 0 Å². The van der Waals surface area contributed by atoms with Gasteiger partial charge in [0.15, 0.2) is 0 Å². The first-order valence-corrected chi connectivity index (χ1v) is 9.12. The molecule has 0 radical (unpaired) electrons. The number of rotatable bonds is 7. The van der Waals surface area contributed by atoms with Gasteiger partial charge in [-0.3, -0.25) is 4.79 Å². The van der Waals surface area contributed by atoms with E-state index in [0.29, 0.717) is 6.61 Å². The quantitative estimate of drug-likeness (QED) is 0.609. The van der Waals surface area contributed by atoms with Crippen LogP contribution in [0.4, 0.5) is 11.4 Å². The number of benzene rings is 3. The first-order valence-electron chi connectivity index (χ1n) is 9.12. The lowest BCUT2D eigenvalue weighted by molar-refractivity contribution is -0.116. The fraction of sp³-hybridized carbons (Fsp3) is 0.174. The fourth-order valence-electron chi connectivity index (χ4n) is 2.83. The van der Waals surface area contributed by atoms with Crippen molar-refractivity contribution in [2.24, 2.45) is 0 Å². The molecule has 0 saturated carbocycles. The predicted molar refractivity (Wildman–Crippen MR) is 111 cm³/mol. The molecule has 0 aliphatic heterocycles. The second-order valence-electron chi connectivity index (χ2n) is 6.22. The highest BCUT2D eigenvalue weighted by molar-refractivity contribution is 5.99. The lowest BCUT2D eigenvalue weighted by Crippen LogP contribution is -2.32. The van der Waals surface area contributed by atoms with Crippen LogP contribution < -0.4 is 15.4 Å². The topological polar surface area (TPSA) is 50.4 Å². The molecule has 1 amide bonds. The van der Waals surface area contributed by atoms with Crippen LogP contribution in [-0.2, 0) is 4.79 Å². The van der Waals surface area contributed by atoms with Gasteiger partial charge in [0.2, 0.25) is 5.91 Å². The number of amides is 1. The van der Waals surface area contributed by atoms with Gasteiger partial charge in [0.05, 0.1) is 6.61 Å². The zero-order valence-corrected chi connectivity index (χ0v) is 15.6. The molecule has 1 atom stereocenters. The summed E-state index contributed by atoms with van der Waals surface area (Å²) in [7, 11) is 0. The Morgan fingerprint density at radius 2 is 1.59 bits per heavy atom. The Balaban J connectivity index is 1.68. The average molecular weight is 360 g/mol. The molecule has 0 aliphatic carbocycles. The van der Waals surface area contributed by atoms with Crippen LogP contribution >= 0.6 is 0 Å². The number of hydrogen-bond donors (Lipinski definition) is 2. The molecule has 4 heteroatoms. The first kappa shape index (κ1) is 18.5. The number of hydrogen-bond acceptors (Lipinski definition) is 3. The molecule has 138 valence electrons. The van der Waals surface area contributed by atoms with Crippen LogP contribution in [0.3, 0.4) is 0 Å². The third-order valence-corrected chi connectivity index (χ3v) is 4.21. The van der Waals surface area contributed by atoms with Crippen LogP contribution in [0, 0.1) is 0 Å². The Bertz CT molecular complexity index is 876. The average Bonchev–Trinajstić information content (AvgIpc) is 2.70. The molecule has 2 N–H and O–H groups in total. The van der Waals surface area contributed by atoms with Crippen LogP contribution in [0.25, 0.3) is 11.1 Å². The van der Waals surface area contributed by atoms with Gasteiger partial charge in [-0.15, -0.1) is 0 Å².